The van der Waals surface area contributed by atoms with E-state index in [-0.39, 0.29) is 22.8 Å². The maximum absolute atomic E-state index is 12.9. The Morgan fingerprint density at radius 3 is 2.62 bits per heavy atom. The van der Waals surface area contributed by atoms with Crippen molar-refractivity contribution < 1.29 is 13.6 Å². The number of benzene rings is 3. The molecule has 0 radical (unpaired) electrons. The summed E-state index contributed by atoms with van der Waals surface area (Å²) < 4.78 is 25.8. The molecule has 3 aromatic rings. The maximum atomic E-state index is 12.9. The van der Waals surface area contributed by atoms with Crippen LogP contribution in [0.2, 0.25) is 0 Å². The molecule has 0 heterocycles. The Labute approximate surface area is 154 Å². The molecule has 0 saturated carbocycles. The molecule has 0 aliphatic heterocycles. The summed E-state index contributed by atoms with van der Waals surface area (Å²) in [4.78, 5) is 13.0. The first-order chi connectivity index (χ1) is 12.6. The molecule has 1 N–H and O–H groups in total. The second-order valence-corrected chi connectivity index (χ2v) is 6.51. The third-order valence-corrected chi connectivity index (χ3v) is 4.81. The number of fused-ring (bicyclic) bond motifs is 1. The number of hydrazone groups is 1. The summed E-state index contributed by atoms with van der Waals surface area (Å²) >= 11 is 1.41. The van der Waals surface area contributed by atoms with E-state index in [1.54, 1.807) is 6.07 Å². The Hall–Kier alpha value is -2.73. The molecule has 1 amide bonds. The predicted molar refractivity (Wildman–Crippen MR) is 102 cm³/mol. The van der Waals surface area contributed by atoms with Gasteiger partial charge in [-0.1, -0.05) is 60.7 Å². The number of alkyl halides is 2. The molecular weight excluding hydrogens is 354 g/mol. The Bertz CT molecular complexity index is 939. The summed E-state index contributed by atoms with van der Waals surface area (Å²) in [6.45, 7) is 0. The van der Waals surface area contributed by atoms with Crippen LogP contribution in [0.15, 0.2) is 76.7 Å². The molecule has 3 nitrogen and oxygen atoms in total. The van der Waals surface area contributed by atoms with Gasteiger partial charge in [0.05, 0.1) is 12.0 Å². The van der Waals surface area contributed by atoms with Gasteiger partial charge in [-0.05, 0) is 16.8 Å². The van der Waals surface area contributed by atoms with Crippen molar-refractivity contribution in [3.8, 4) is 0 Å². The van der Waals surface area contributed by atoms with Gasteiger partial charge in [0.1, 0.15) is 0 Å². The van der Waals surface area contributed by atoms with Crippen LogP contribution in [0.1, 0.15) is 17.6 Å². The number of nitrogens with one attached hydrogen (secondary N) is 1. The van der Waals surface area contributed by atoms with Crippen LogP contribution in [0.25, 0.3) is 10.8 Å². The summed E-state index contributed by atoms with van der Waals surface area (Å²) in [5.74, 6) is -0.115. The number of hydrogen-bond donors (Lipinski definition) is 1. The van der Waals surface area contributed by atoms with E-state index in [4.69, 9.17) is 0 Å². The van der Waals surface area contributed by atoms with Gasteiger partial charge in [-0.15, -0.1) is 11.8 Å². The molecule has 0 unspecified atom stereocenters. The summed E-state index contributed by atoms with van der Waals surface area (Å²) in [6, 6.07) is 19.9. The summed E-state index contributed by atoms with van der Waals surface area (Å²) in [7, 11) is 0. The van der Waals surface area contributed by atoms with Gasteiger partial charge in [0.15, 0.2) is 0 Å². The number of halogens is 2. The number of rotatable bonds is 6. The van der Waals surface area contributed by atoms with E-state index < -0.39 is 6.43 Å². The zero-order valence-corrected chi connectivity index (χ0v) is 14.5. The average molecular weight is 370 g/mol. The lowest BCUT2D eigenvalue weighted by Crippen LogP contribution is -2.19. The minimum atomic E-state index is -2.59. The molecule has 3 aromatic carbocycles. The predicted octanol–water partition coefficient (Wildman–Crippen LogP) is 5.02. The largest absolute Gasteiger partial charge is 0.272 e. The molecular formula is C20H16F2N2OS. The van der Waals surface area contributed by atoms with Crippen LogP contribution in [0, 0.1) is 0 Å². The zero-order chi connectivity index (χ0) is 18.4. The molecule has 0 aliphatic rings. The van der Waals surface area contributed by atoms with Gasteiger partial charge in [-0.25, -0.2) is 14.2 Å². The zero-order valence-electron chi connectivity index (χ0n) is 13.7. The highest BCUT2D eigenvalue weighted by Gasteiger charge is 2.10. The fraction of sp³-hybridized carbons (Fsp3) is 0.100. The van der Waals surface area contributed by atoms with Crippen molar-refractivity contribution in [1.82, 2.24) is 5.43 Å². The first-order valence-corrected chi connectivity index (χ1v) is 8.93. The third kappa shape index (κ3) is 4.46. The van der Waals surface area contributed by atoms with Gasteiger partial charge in [0, 0.05) is 16.0 Å². The van der Waals surface area contributed by atoms with E-state index in [1.165, 1.54) is 36.2 Å². The smallest absolute Gasteiger partial charge is 0.264 e. The molecule has 3 rings (SSSR count). The number of carbonyl (C=O) groups excluding carboxylic acids is 1. The van der Waals surface area contributed by atoms with E-state index in [9.17, 15) is 13.6 Å². The standard InChI is InChI=1S/C20H16F2N2OS/c21-20(22)17-10-4-2-7-15(17)12-23-24-19(25)13-26-18-11-5-8-14-6-1-3-9-16(14)18/h1-12,20H,13H2,(H,24,25)/b23-12-. The van der Waals surface area contributed by atoms with Crippen molar-refractivity contribution in [2.45, 2.75) is 11.3 Å². The molecule has 0 saturated heterocycles. The molecule has 0 aromatic heterocycles. The topological polar surface area (TPSA) is 41.5 Å². The summed E-state index contributed by atoms with van der Waals surface area (Å²) in [5.41, 5.74) is 2.55. The van der Waals surface area contributed by atoms with E-state index in [0.717, 1.165) is 15.7 Å². The van der Waals surface area contributed by atoms with Crippen LogP contribution in [0.3, 0.4) is 0 Å². The van der Waals surface area contributed by atoms with Crippen molar-refractivity contribution in [3.63, 3.8) is 0 Å². The molecule has 132 valence electrons. The maximum Gasteiger partial charge on any atom is 0.264 e. The molecule has 0 atom stereocenters. The van der Waals surface area contributed by atoms with Crippen LogP contribution in [0.5, 0.6) is 0 Å². The number of carbonyl (C=O) groups is 1. The molecule has 0 spiro atoms. The van der Waals surface area contributed by atoms with Crippen molar-refractivity contribution in [3.05, 3.63) is 77.9 Å². The average Bonchev–Trinajstić information content (AvgIpc) is 2.66. The van der Waals surface area contributed by atoms with Crippen LogP contribution in [0.4, 0.5) is 8.78 Å². The van der Waals surface area contributed by atoms with Crippen molar-refractivity contribution >= 4 is 34.7 Å². The summed E-state index contributed by atoms with van der Waals surface area (Å²) in [5, 5.41) is 5.98. The van der Waals surface area contributed by atoms with Crippen LogP contribution >= 0.6 is 11.8 Å². The Balaban J connectivity index is 1.60. The lowest BCUT2D eigenvalue weighted by Gasteiger charge is -2.06. The SMILES string of the molecule is O=C(CSc1cccc2ccccc12)N/N=C\c1ccccc1C(F)F. The second-order valence-electron chi connectivity index (χ2n) is 5.49. The van der Waals surface area contributed by atoms with E-state index in [1.807, 2.05) is 42.5 Å². The lowest BCUT2D eigenvalue weighted by molar-refractivity contribution is -0.118. The summed E-state index contributed by atoms with van der Waals surface area (Å²) in [6.07, 6.45) is -1.35. The molecule has 26 heavy (non-hydrogen) atoms. The van der Waals surface area contributed by atoms with Gasteiger partial charge < -0.3 is 0 Å². The fourth-order valence-corrected chi connectivity index (χ4v) is 3.37. The Morgan fingerprint density at radius 2 is 1.77 bits per heavy atom. The van der Waals surface area contributed by atoms with Gasteiger partial charge in [0.25, 0.3) is 6.43 Å². The first-order valence-electron chi connectivity index (χ1n) is 7.94. The van der Waals surface area contributed by atoms with Crippen molar-refractivity contribution in [2.24, 2.45) is 5.10 Å². The van der Waals surface area contributed by atoms with Crippen LogP contribution in [-0.4, -0.2) is 17.9 Å². The van der Waals surface area contributed by atoms with E-state index in [0.29, 0.717) is 0 Å². The minimum Gasteiger partial charge on any atom is -0.272 e. The van der Waals surface area contributed by atoms with Gasteiger partial charge in [-0.2, -0.15) is 5.10 Å². The van der Waals surface area contributed by atoms with Crippen molar-refractivity contribution in [2.75, 3.05) is 5.75 Å². The van der Waals surface area contributed by atoms with Crippen molar-refractivity contribution in [1.29, 1.82) is 0 Å². The lowest BCUT2D eigenvalue weighted by atomic mass is 10.1. The Morgan fingerprint density at radius 1 is 1.04 bits per heavy atom. The van der Waals surface area contributed by atoms with Gasteiger partial charge in [0.2, 0.25) is 5.91 Å². The third-order valence-electron chi connectivity index (χ3n) is 3.73. The molecule has 0 fully saturated rings. The number of amides is 1. The van der Waals surface area contributed by atoms with Gasteiger partial charge >= 0.3 is 0 Å². The first kappa shape index (κ1) is 18.1. The van der Waals surface area contributed by atoms with Crippen LogP contribution in [-0.2, 0) is 4.79 Å². The monoisotopic (exact) mass is 370 g/mol. The second kappa shape index (κ2) is 8.58. The van der Waals surface area contributed by atoms with E-state index >= 15 is 0 Å². The molecule has 0 bridgehead atoms. The highest BCUT2D eigenvalue weighted by atomic mass is 32.2. The molecule has 6 heteroatoms. The molecule has 0 aliphatic carbocycles. The van der Waals surface area contributed by atoms with E-state index in [2.05, 4.69) is 10.5 Å². The quantitative estimate of drug-likeness (QED) is 0.376. The van der Waals surface area contributed by atoms with Gasteiger partial charge in [-0.3, -0.25) is 4.79 Å². The highest BCUT2D eigenvalue weighted by molar-refractivity contribution is 8.00. The minimum absolute atomic E-state index is 0.115. The fourth-order valence-electron chi connectivity index (χ4n) is 2.50. The number of hydrogen-bond acceptors (Lipinski definition) is 3. The van der Waals surface area contributed by atoms with Crippen LogP contribution < -0.4 is 5.43 Å². The number of nitrogens with zero attached hydrogens (tertiary/aromatic N) is 1. The normalized spacial score (nSPS) is 11.3. The number of thioether (sulfide) groups is 1. The highest BCUT2D eigenvalue weighted by Crippen LogP contribution is 2.27. The Kier molecular flexibility index (Phi) is 5.96.